The molecule has 28 heavy (non-hydrogen) atoms. The number of hydrogen-bond acceptors (Lipinski definition) is 3. The molecule has 0 aliphatic carbocycles. The number of halogens is 1. The summed E-state index contributed by atoms with van der Waals surface area (Å²) in [5.74, 6) is 0.0630. The van der Waals surface area contributed by atoms with Crippen molar-refractivity contribution in [1.29, 1.82) is 0 Å². The molecule has 0 saturated carbocycles. The number of morpholine rings is 1. The van der Waals surface area contributed by atoms with Crippen LogP contribution < -0.4 is 5.32 Å². The zero-order valence-electron chi connectivity index (χ0n) is 16.1. The Morgan fingerprint density at radius 1 is 1.00 bits per heavy atom. The fourth-order valence-corrected chi connectivity index (χ4v) is 3.88. The van der Waals surface area contributed by atoms with Gasteiger partial charge >= 0.3 is 0 Å². The van der Waals surface area contributed by atoms with Crippen molar-refractivity contribution in [2.45, 2.75) is 13.8 Å². The number of aryl methyl sites for hydroxylation is 1. The molecule has 1 fully saturated rings. The first-order chi connectivity index (χ1) is 13.6. The first-order valence-electron chi connectivity index (χ1n) is 9.48. The summed E-state index contributed by atoms with van der Waals surface area (Å²) in [6.45, 7) is 6.50. The highest BCUT2D eigenvalue weighted by molar-refractivity contribution is 6.31. The van der Waals surface area contributed by atoms with E-state index in [4.69, 9.17) is 16.3 Å². The molecule has 1 amide bonds. The number of fused-ring (bicyclic) bond motifs is 1. The van der Waals surface area contributed by atoms with Gasteiger partial charge in [0.05, 0.1) is 13.2 Å². The number of nitrogens with one attached hydrogen (secondary N) is 1. The first kappa shape index (κ1) is 18.8. The molecule has 0 bridgehead atoms. The molecule has 144 valence electrons. The lowest BCUT2D eigenvalue weighted by atomic mass is 9.97. The Morgan fingerprint density at radius 2 is 1.75 bits per heavy atom. The van der Waals surface area contributed by atoms with E-state index in [2.05, 4.69) is 11.4 Å². The topological polar surface area (TPSA) is 41.6 Å². The molecule has 4 nitrogen and oxygen atoms in total. The fraction of sp³-hybridized carbons (Fsp3) is 0.261. The van der Waals surface area contributed by atoms with Crippen LogP contribution in [0.25, 0.3) is 10.8 Å². The molecule has 0 unspecified atom stereocenters. The van der Waals surface area contributed by atoms with Crippen LogP contribution >= 0.6 is 11.6 Å². The molecule has 1 aliphatic heterocycles. The summed E-state index contributed by atoms with van der Waals surface area (Å²) < 4.78 is 5.39. The summed E-state index contributed by atoms with van der Waals surface area (Å²) in [5.41, 5.74) is 4.74. The van der Waals surface area contributed by atoms with E-state index in [0.717, 1.165) is 43.9 Å². The number of anilines is 2. The van der Waals surface area contributed by atoms with Gasteiger partial charge in [-0.15, -0.1) is 0 Å². The third-order valence-corrected chi connectivity index (χ3v) is 5.72. The highest BCUT2D eigenvalue weighted by Gasteiger charge is 2.22. The molecule has 1 N–H and O–H groups in total. The van der Waals surface area contributed by atoms with Crippen LogP contribution in [0.5, 0.6) is 0 Å². The Hall–Kier alpha value is -2.56. The lowest BCUT2D eigenvalue weighted by Crippen LogP contribution is -2.40. The molecule has 4 rings (SSSR count). The highest BCUT2D eigenvalue weighted by Crippen LogP contribution is 2.34. The van der Waals surface area contributed by atoms with Gasteiger partial charge in [-0.3, -0.25) is 4.79 Å². The zero-order valence-corrected chi connectivity index (χ0v) is 16.8. The first-order valence-corrected chi connectivity index (χ1v) is 9.85. The van der Waals surface area contributed by atoms with Crippen molar-refractivity contribution in [2.24, 2.45) is 0 Å². The summed E-state index contributed by atoms with van der Waals surface area (Å²) in [6, 6.07) is 15.9. The van der Waals surface area contributed by atoms with E-state index >= 15 is 0 Å². The molecule has 1 heterocycles. The van der Waals surface area contributed by atoms with Gasteiger partial charge in [-0.25, -0.2) is 0 Å². The second-order valence-corrected chi connectivity index (χ2v) is 7.51. The standard InChI is InChI=1S/C23H23ClN2O2/c1-15-5-3-6-17-21(25-20-8-4-7-19(24)16(20)2)10-9-18(22(15)17)23(27)26-11-13-28-14-12-26/h3-10,25H,11-14H2,1-2H3. The average Bonchev–Trinajstić information content (AvgIpc) is 2.72. The monoisotopic (exact) mass is 394 g/mol. The Balaban J connectivity index is 1.79. The largest absolute Gasteiger partial charge is 0.378 e. The van der Waals surface area contributed by atoms with E-state index in [1.54, 1.807) is 0 Å². The molecular formula is C23H23ClN2O2. The Morgan fingerprint density at radius 3 is 2.54 bits per heavy atom. The number of rotatable bonds is 3. The van der Waals surface area contributed by atoms with Crippen LogP contribution in [0.1, 0.15) is 21.5 Å². The normalized spacial score (nSPS) is 14.3. The van der Waals surface area contributed by atoms with E-state index in [1.807, 2.05) is 61.2 Å². The number of carbonyl (C=O) groups is 1. The van der Waals surface area contributed by atoms with Crippen LogP contribution in [-0.4, -0.2) is 37.1 Å². The second-order valence-electron chi connectivity index (χ2n) is 7.10. The average molecular weight is 395 g/mol. The van der Waals surface area contributed by atoms with E-state index < -0.39 is 0 Å². The molecule has 3 aromatic carbocycles. The second kappa shape index (κ2) is 7.82. The van der Waals surface area contributed by atoms with Crippen molar-refractivity contribution < 1.29 is 9.53 Å². The minimum Gasteiger partial charge on any atom is -0.378 e. The van der Waals surface area contributed by atoms with Crippen LogP contribution in [0.2, 0.25) is 5.02 Å². The van der Waals surface area contributed by atoms with Gasteiger partial charge in [0.25, 0.3) is 5.91 Å². The van der Waals surface area contributed by atoms with Gasteiger partial charge in [-0.05, 0) is 54.6 Å². The molecule has 5 heteroatoms. The smallest absolute Gasteiger partial charge is 0.254 e. The maximum atomic E-state index is 13.2. The van der Waals surface area contributed by atoms with Gasteiger partial charge < -0.3 is 15.0 Å². The fourth-order valence-electron chi connectivity index (χ4n) is 3.70. The molecule has 1 aliphatic rings. The SMILES string of the molecule is Cc1c(Cl)cccc1Nc1ccc(C(=O)N2CCOCC2)c2c(C)cccc12. The number of carbonyl (C=O) groups excluding carboxylic acids is 1. The van der Waals surface area contributed by atoms with Gasteiger partial charge in [0, 0.05) is 40.4 Å². The van der Waals surface area contributed by atoms with Crippen molar-refractivity contribution in [3.63, 3.8) is 0 Å². The molecule has 0 atom stereocenters. The van der Waals surface area contributed by atoms with E-state index in [1.165, 1.54) is 0 Å². The Kier molecular flexibility index (Phi) is 5.25. The van der Waals surface area contributed by atoms with Gasteiger partial charge in [0.15, 0.2) is 0 Å². The minimum atomic E-state index is 0.0630. The van der Waals surface area contributed by atoms with Crippen LogP contribution in [0.3, 0.4) is 0 Å². The highest BCUT2D eigenvalue weighted by atomic mass is 35.5. The van der Waals surface area contributed by atoms with Crippen molar-refractivity contribution >= 4 is 39.7 Å². The lowest BCUT2D eigenvalue weighted by Gasteiger charge is -2.27. The third-order valence-electron chi connectivity index (χ3n) is 5.31. The summed E-state index contributed by atoms with van der Waals surface area (Å²) in [7, 11) is 0. The van der Waals surface area contributed by atoms with Crippen LogP contribution in [-0.2, 0) is 4.74 Å². The number of benzene rings is 3. The van der Waals surface area contributed by atoms with Crippen LogP contribution in [0, 0.1) is 13.8 Å². The number of amides is 1. The van der Waals surface area contributed by atoms with Crippen LogP contribution in [0.4, 0.5) is 11.4 Å². The molecule has 0 radical (unpaired) electrons. The minimum absolute atomic E-state index is 0.0630. The summed E-state index contributed by atoms with van der Waals surface area (Å²) >= 11 is 6.28. The summed E-state index contributed by atoms with van der Waals surface area (Å²) in [4.78, 5) is 15.0. The summed E-state index contributed by atoms with van der Waals surface area (Å²) in [5, 5.41) is 6.24. The third kappa shape index (κ3) is 3.46. The predicted molar refractivity (Wildman–Crippen MR) is 115 cm³/mol. The zero-order chi connectivity index (χ0) is 19.7. The van der Waals surface area contributed by atoms with Gasteiger partial charge in [0.1, 0.15) is 0 Å². The van der Waals surface area contributed by atoms with Crippen molar-refractivity contribution in [2.75, 3.05) is 31.6 Å². The molecule has 3 aromatic rings. The van der Waals surface area contributed by atoms with Crippen LogP contribution in [0.15, 0.2) is 48.5 Å². The van der Waals surface area contributed by atoms with Crippen molar-refractivity contribution in [3.8, 4) is 0 Å². The van der Waals surface area contributed by atoms with Gasteiger partial charge in [0.2, 0.25) is 0 Å². The van der Waals surface area contributed by atoms with E-state index in [9.17, 15) is 4.79 Å². The van der Waals surface area contributed by atoms with Gasteiger partial charge in [-0.2, -0.15) is 0 Å². The van der Waals surface area contributed by atoms with E-state index in [-0.39, 0.29) is 5.91 Å². The molecule has 0 spiro atoms. The number of ether oxygens (including phenoxy) is 1. The predicted octanol–water partition coefficient (Wildman–Crippen LogP) is 5.33. The van der Waals surface area contributed by atoms with E-state index in [0.29, 0.717) is 26.3 Å². The molecule has 1 saturated heterocycles. The summed E-state index contributed by atoms with van der Waals surface area (Å²) in [6.07, 6.45) is 0. The van der Waals surface area contributed by atoms with Crippen molar-refractivity contribution in [1.82, 2.24) is 4.90 Å². The quantitative estimate of drug-likeness (QED) is 0.653. The van der Waals surface area contributed by atoms with Gasteiger partial charge in [-0.1, -0.05) is 35.9 Å². The number of hydrogen-bond donors (Lipinski definition) is 1. The molecule has 0 aromatic heterocycles. The Labute approximate surface area is 170 Å². The molecular weight excluding hydrogens is 372 g/mol. The Bertz CT molecular complexity index is 1040. The van der Waals surface area contributed by atoms with Crippen molar-refractivity contribution in [3.05, 3.63) is 70.2 Å². The number of nitrogens with zero attached hydrogens (tertiary/aromatic N) is 1. The maximum Gasteiger partial charge on any atom is 0.254 e. The maximum absolute atomic E-state index is 13.2. The lowest BCUT2D eigenvalue weighted by molar-refractivity contribution is 0.0304.